The summed E-state index contributed by atoms with van der Waals surface area (Å²) in [5.41, 5.74) is -3.27. The Morgan fingerprint density at radius 1 is 1.10 bits per heavy atom. The maximum atomic E-state index is 13.7. The lowest BCUT2D eigenvalue weighted by Gasteiger charge is -2.43. The van der Waals surface area contributed by atoms with Crippen molar-refractivity contribution in [2.24, 2.45) is 0 Å². The summed E-state index contributed by atoms with van der Waals surface area (Å²) in [7, 11) is 0. The van der Waals surface area contributed by atoms with Crippen LogP contribution in [-0.2, 0) is 14.9 Å². The topological polar surface area (TPSA) is 144 Å². The van der Waals surface area contributed by atoms with Crippen LogP contribution in [0, 0.1) is 0 Å². The van der Waals surface area contributed by atoms with Crippen LogP contribution in [0.25, 0.3) is 5.69 Å². The van der Waals surface area contributed by atoms with Crippen LogP contribution in [-0.4, -0.2) is 38.3 Å². The molecule has 2 amide bonds. The van der Waals surface area contributed by atoms with Crippen molar-refractivity contribution in [2.45, 2.75) is 50.6 Å². The zero-order valence-electron chi connectivity index (χ0n) is 21.2. The first-order valence-corrected chi connectivity index (χ1v) is 12.6. The Kier molecular flexibility index (Phi) is 6.42. The van der Waals surface area contributed by atoms with Gasteiger partial charge >= 0.3 is 11.8 Å². The Bertz CT molecular complexity index is 1670. The van der Waals surface area contributed by atoms with E-state index >= 15 is 0 Å². The molecule has 5 rings (SSSR count). The number of rotatable bonds is 4. The molecular formula is C25H21Cl2F2N5O6. The van der Waals surface area contributed by atoms with Gasteiger partial charge < -0.3 is 14.8 Å². The fourth-order valence-electron chi connectivity index (χ4n) is 4.58. The van der Waals surface area contributed by atoms with Gasteiger partial charge in [0.1, 0.15) is 11.4 Å². The molecule has 1 saturated carbocycles. The van der Waals surface area contributed by atoms with Gasteiger partial charge in [0.25, 0.3) is 11.5 Å². The number of carbonyl (C=O) groups is 2. The van der Waals surface area contributed by atoms with Crippen LogP contribution in [0.4, 0.5) is 25.1 Å². The van der Waals surface area contributed by atoms with Crippen molar-refractivity contribution in [3.63, 3.8) is 0 Å². The molecule has 11 nitrogen and oxygen atoms in total. The predicted molar refractivity (Wildman–Crippen MR) is 141 cm³/mol. The summed E-state index contributed by atoms with van der Waals surface area (Å²) in [5, 5.41) is 8.56. The minimum atomic E-state index is -2.94. The summed E-state index contributed by atoms with van der Waals surface area (Å²) < 4.78 is 39.1. The average molecular weight is 596 g/mol. The van der Waals surface area contributed by atoms with Crippen LogP contribution < -0.4 is 26.6 Å². The second-order valence-corrected chi connectivity index (χ2v) is 11.3. The highest BCUT2D eigenvalue weighted by Crippen LogP contribution is 2.58. The van der Waals surface area contributed by atoms with E-state index in [1.165, 1.54) is 30.3 Å². The zero-order chi connectivity index (χ0) is 29.2. The van der Waals surface area contributed by atoms with Crippen molar-refractivity contribution in [3.05, 3.63) is 66.8 Å². The second kappa shape index (κ2) is 9.30. The van der Waals surface area contributed by atoms with E-state index in [0.717, 1.165) is 4.68 Å². The minimum Gasteiger partial charge on any atom is -0.454 e. The molecule has 1 spiro atoms. The summed E-state index contributed by atoms with van der Waals surface area (Å²) in [5.74, 6) is -3.79. The van der Waals surface area contributed by atoms with Gasteiger partial charge in [-0.3, -0.25) is 19.9 Å². The number of amides is 2. The summed E-state index contributed by atoms with van der Waals surface area (Å²) >= 11 is 12.8. The Balaban J connectivity index is 1.43. The van der Waals surface area contributed by atoms with Gasteiger partial charge in [-0.2, -0.15) is 4.68 Å². The maximum Gasteiger partial charge on any atom is 0.413 e. The standard InChI is InChI=1S/C25H21Cl2F2N5O6/c1-23(2,3)40-22(38)31-18-19(35)32-21(37)34(33-18)11-6-14(26)17(15(27)7-11)39-12-4-5-16-13(8-12)24(20(36)30-16)9-25(28,29)10-24/h4-8H,9-10H2,1-3H3,(H,30,36)(H,31,33,38)(H,32,35,37). The van der Waals surface area contributed by atoms with Gasteiger partial charge in [0.2, 0.25) is 11.7 Å². The molecule has 0 radical (unpaired) electrons. The third-order valence-electron chi connectivity index (χ3n) is 6.21. The number of aromatic nitrogens is 3. The fraction of sp³-hybridized carbons (Fsp3) is 0.320. The maximum absolute atomic E-state index is 13.7. The van der Waals surface area contributed by atoms with Crippen molar-refractivity contribution < 1.29 is 27.8 Å². The number of H-pyrrole nitrogens is 1. The van der Waals surface area contributed by atoms with Gasteiger partial charge in [-0.15, -0.1) is 5.10 Å². The van der Waals surface area contributed by atoms with E-state index in [2.05, 4.69) is 15.7 Å². The van der Waals surface area contributed by atoms with E-state index in [1.54, 1.807) is 20.8 Å². The molecule has 15 heteroatoms. The zero-order valence-corrected chi connectivity index (χ0v) is 22.7. The molecule has 1 aliphatic heterocycles. The lowest BCUT2D eigenvalue weighted by atomic mass is 9.62. The van der Waals surface area contributed by atoms with E-state index in [9.17, 15) is 28.0 Å². The third kappa shape index (κ3) is 5.02. The lowest BCUT2D eigenvalue weighted by Crippen LogP contribution is -2.53. The predicted octanol–water partition coefficient (Wildman–Crippen LogP) is 4.99. The number of hydrogen-bond donors (Lipinski definition) is 3. The van der Waals surface area contributed by atoms with Crippen LogP contribution in [0.3, 0.4) is 0 Å². The highest BCUT2D eigenvalue weighted by Gasteiger charge is 2.64. The smallest absolute Gasteiger partial charge is 0.413 e. The largest absolute Gasteiger partial charge is 0.454 e. The summed E-state index contributed by atoms with van der Waals surface area (Å²) in [6, 6.07) is 7.08. The number of benzene rings is 2. The fourth-order valence-corrected chi connectivity index (χ4v) is 5.13. The lowest BCUT2D eigenvalue weighted by molar-refractivity contribution is -0.152. The molecular weight excluding hydrogens is 575 g/mol. The van der Waals surface area contributed by atoms with Crippen LogP contribution in [0.15, 0.2) is 39.9 Å². The van der Waals surface area contributed by atoms with Gasteiger partial charge in [-0.1, -0.05) is 23.2 Å². The SMILES string of the molecule is CC(C)(C)OC(=O)Nc1nn(-c2cc(Cl)c(Oc3ccc4c(c3)C3(CC(F)(F)C3)C(=O)N4)c(Cl)c2)c(=O)[nH]c1=O. The molecule has 40 heavy (non-hydrogen) atoms. The highest BCUT2D eigenvalue weighted by molar-refractivity contribution is 6.37. The van der Waals surface area contributed by atoms with Crippen molar-refractivity contribution in [1.82, 2.24) is 14.8 Å². The number of hydrogen-bond acceptors (Lipinski definition) is 7. The second-order valence-electron chi connectivity index (χ2n) is 10.4. The Labute approximate surface area is 234 Å². The molecule has 210 valence electrons. The Morgan fingerprint density at radius 3 is 2.35 bits per heavy atom. The van der Waals surface area contributed by atoms with Gasteiger partial charge in [0.05, 0.1) is 21.1 Å². The molecule has 0 bridgehead atoms. The molecule has 0 saturated heterocycles. The number of alkyl halides is 2. The number of fused-ring (bicyclic) bond motifs is 2. The molecule has 1 aromatic heterocycles. The number of ether oxygens (including phenoxy) is 2. The van der Waals surface area contributed by atoms with Gasteiger partial charge in [-0.25, -0.2) is 18.4 Å². The van der Waals surface area contributed by atoms with Gasteiger partial charge in [-0.05, 0) is 56.7 Å². The first kappa shape index (κ1) is 27.6. The monoisotopic (exact) mass is 595 g/mol. The Hall–Kier alpha value is -3.97. The minimum absolute atomic E-state index is 0.0234. The van der Waals surface area contributed by atoms with Crippen LogP contribution in [0.5, 0.6) is 11.5 Å². The molecule has 2 aliphatic rings. The summed E-state index contributed by atoms with van der Waals surface area (Å²) in [4.78, 5) is 51.2. The molecule has 3 aromatic rings. The molecule has 1 fully saturated rings. The van der Waals surface area contributed by atoms with Crippen molar-refractivity contribution in [1.29, 1.82) is 0 Å². The highest BCUT2D eigenvalue weighted by atomic mass is 35.5. The van der Waals surface area contributed by atoms with Gasteiger partial charge in [0, 0.05) is 18.5 Å². The van der Waals surface area contributed by atoms with Crippen LogP contribution in [0.2, 0.25) is 10.0 Å². The van der Waals surface area contributed by atoms with Crippen LogP contribution >= 0.6 is 23.2 Å². The van der Waals surface area contributed by atoms with E-state index < -0.39 is 58.8 Å². The first-order valence-electron chi connectivity index (χ1n) is 11.8. The van der Waals surface area contributed by atoms with E-state index in [1.807, 2.05) is 4.98 Å². The molecule has 1 aliphatic carbocycles. The van der Waals surface area contributed by atoms with Crippen LogP contribution in [0.1, 0.15) is 39.2 Å². The third-order valence-corrected chi connectivity index (χ3v) is 6.77. The quantitative estimate of drug-likeness (QED) is 0.385. The van der Waals surface area contributed by atoms with E-state index in [4.69, 9.17) is 32.7 Å². The number of aromatic amines is 1. The first-order chi connectivity index (χ1) is 18.6. The average Bonchev–Trinajstić information content (AvgIpc) is 3.07. The number of carbonyl (C=O) groups excluding carboxylic acids is 2. The van der Waals surface area contributed by atoms with Crippen molar-refractivity contribution in [3.8, 4) is 17.2 Å². The number of halogens is 4. The Morgan fingerprint density at radius 2 is 1.75 bits per heavy atom. The molecule has 0 atom stereocenters. The number of anilines is 2. The van der Waals surface area contributed by atoms with Crippen molar-refractivity contribution in [2.75, 3.05) is 10.6 Å². The van der Waals surface area contributed by atoms with E-state index in [-0.39, 0.29) is 27.2 Å². The van der Waals surface area contributed by atoms with Gasteiger partial charge in [0.15, 0.2) is 5.75 Å². The summed E-state index contributed by atoms with van der Waals surface area (Å²) in [6.07, 6.45) is -2.18. The summed E-state index contributed by atoms with van der Waals surface area (Å²) in [6.45, 7) is 4.88. The molecule has 0 unspecified atom stereocenters. The number of nitrogens with zero attached hydrogens (tertiary/aromatic N) is 2. The molecule has 2 heterocycles. The van der Waals surface area contributed by atoms with Crippen molar-refractivity contribution >= 4 is 46.7 Å². The van der Waals surface area contributed by atoms with E-state index in [0.29, 0.717) is 11.3 Å². The normalized spacial score (nSPS) is 16.6. The molecule has 2 aromatic carbocycles. The number of nitrogens with one attached hydrogen (secondary N) is 3. The molecule has 3 N–H and O–H groups in total.